The Morgan fingerprint density at radius 1 is 1.42 bits per heavy atom. The number of carbonyl (C=O) groups is 2. The van der Waals surface area contributed by atoms with Gasteiger partial charge in [0.05, 0.1) is 35.5 Å². The number of ether oxygens (including phenoxy) is 1. The molecule has 26 heavy (non-hydrogen) atoms. The molecule has 0 spiro atoms. The summed E-state index contributed by atoms with van der Waals surface area (Å²) < 4.78 is 4.66. The van der Waals surface area contributed by atoms with Gasteiger partial charge in [0.25, 0.3) is 5.91 Å². The number of aliphatic hydroxyl groups excluding tert-OH is 1. The molecule has 1 aliphatic heterocycles. The predicted molar refractivity (Wildman–Crippen MR) is 98.5 cm³/mol. The normalized spacial score (nSPS) is 19.7. The van der Waals surface area contributed by atoms with E-state index in [1.807, 2.05) is 0 Å². The summed E-state index contributed by atoms with van der Waals surface area (Å²) in [6, 6.07) is -0.522. The van der Waals surface area contributed by atoms with Crippen molar-refractivity contribution in [2.75, 3.05) is 25.1 Å². The standard InChI is InChI=1S/C15H16Cl2N4O4S/c1-6-10(16)11(17)12(19-6)13(23)20-7-4-21(5-8(7)22)15-18-3-9(26-15)14(24)25-2/h3,7-8,19,22H,4-5H2,1-2H3,(H,20,23)/t7-,8-/m1/s1. The quantitative estimate of drug-likeness (QED) is 0.653. The van der Waals surface area contributed by atoms with Crippen molar-refractivity contribution in [1.82, 2.24) is 15.3 Å². The Morgan fingerprint density at radius 3 is 2.77 bits per heavy atom. The fourth-order valence-corrected chi connectivity index (χ4v) is 3.93. The van der Waals surface area contributed by atoms with Gasteiger partial charge in [-0.2, -0.15) is 0 Å². The zero-order chi connectivity index (χ0) is 19.0. The molecule has 0 saturated carbocycles. The predicted octanol–water partition coefficient (Wildman–Crippen LogP) is 1.85. The summed E-state index contributed by atoms with van der Waals surface area (Å²) in [6.45, 7) is 2.32. The van der Waals surface area contributed by atoms with E-state index in [2.05, 4.69) is 20.0 Å². The summed E-state index contributed by atoms with van der Waals surface area (Å²) >= 11 is 13.2. The number of amides is 1. The van der Waals surface area contributed by atoms with Crippen LogP contribution in [0.2, 0.25) is 10.0 Å². The number of esters is 1. The molecule has 0 radical (unpaired) electrons. The molecule has 1 amide bonds. The summed E-state index contributed by atoms with van der Waals surface area (Å²) in [6.07, 6.45) is 0.628. The maximum atomic E-state index is 12.4. The van der Waals surface area contributed by atoms with Crippen LogP contribution < -0.4 is 10.2 Å². The molecule has 11 heteroatoms. The van der Waals surface area contributed by atoms with E-state index in [-0.39, 0.29) is 17.3 Å². The van der Waals surface area contributed by atoms with Crippen LogP contribution in [0.15, 0.2) is 6.20 Å². The summed E-state index contributed by atoms with van der Waals surface area (Å²) in [4.78, 5) is 33.1. The molecule has 8 nitrogen and oxygen atoms in total. The topological polar surface area (TPSA) is 108 Å². The Morgan fingerprint density at radius 2 is 2.15 bits per heavy atom. The van der Waals surface area contributed by atoms with Gasteiger partial charge in [0, 0.05) is 18.8 Å². The number of aromatic nitrogens is 2. The number of β-amino-alcohol motifs (C(OH)–C–C–N with tert-alkyl or cyclic N) is 1. The lowest BCUT2D eigenvalue weighted by atomic mass is 10.2. The van der Waals surface area contributed by atoms with E-state index in [9.17, 15) is 14.7 Å². The molecule has 3 rings (SSSR count). The van der Waals surface area contributed by atoms with Crippen LogP contribution in [0.25, 0.3) is 0 Å². The van der Waals surface area contributed by atoms with E-state index in [0.29, 0.717) is 27.3 Å². The van der Waals surface area contributed by atoms with Crippen LogP contribution in [0.4, 0.5) is 5.13 Å². The summed E-state index contributed by atoms with van der Waals surface area (Å²) in [5, 5.41) is 14.0. The lowest BCUT2D eigenvalue weighted by Gasteiger charge is -2.15. The van der Waals surface area contributed by atoms with E-state index in [4.69, 9.17) is 23.2 Å². The van der Waals surface area contributed by atoms with Crippen molar-refractivity contribution in [2.24, 2.45) is 0 Å². The minimum Gasteiger partial charge on any atom is -0.465 e. The highest BCUT2D eigenvalue weighted by Crippen LogP contribution is 2.30. The van der Waals surface area contributed by atoms with Gasteiger partial charge < -0.3 is 25.0 Å². The highest BCUT2D eigenvalue weighted by atomic mass is 35.5. The van der Waals surface area contributed by atoms with Crippen LogP contribution in [-0.4, -0.2) is 59.3 Å². The first-order chi connectivity index (χ1) is 12.3. The molecule has 0 aromatic carbocycles. The number of hydrogen-bond donors (Lipinski definition) is 3. The second kappa shape index (κ2) is 7.43. The number of aliphatic hydroxyl groups is 1. The number of carbonyl (C=O) groups excluding carboxylic acids is 2. The molecular formula is C15H16Cl2N4O4S. The fourth-order valence-electron chi connectivity index (χ4n) is 2.66. The smallest absolute Gasteiger partial charge is 0.349 e. The molecule has 140 valence electrons. The Labute approximate surface area is 163 Å². The van der Waals surface area contributed by atoms with Gasteiger partial charge in [-0.05, 0) is 6.92 Å². The molecule has 0 aliphatic carbocycles. The third kappa shape index (κ3) is 3.52. The van der Waals surface area contributed by atoms with Crippen LogP contribution in [0.3, 0.4) is 0 Å². The number of H-pyrrole nitrogens is 1. The van der Waals surface area contributed by atoms with E-state index < -0.39 is 24.0 Å². The number of hydrogen-bond acceptors (Lipinski definition) is 7. The first-order valence-electron chi connectivity index (χ1n) is 7.63. The SMILES string of the molecule is COC(=O)c1cnc(N2C[C@@H](O)[C@H](NC(=O)c3[nH]c(C)c(Cl)c3Cl)C2)s1. The van der Waals surface area contributed by atoms with Crippen LogP contribution in [0, 0.1) is 6.92 Å². The Balaban J connectivity index is 1.69. The van der Waals surface area contributed by atoms with Crippen molar-refractivity contribution in [3.63, 3.8) is 0 Å². The van der Waals surface area contributed by atoms with Crippen molar-refractivity contribution in [2.45, 2.75) is 19.1 Å². The zero-order valence-electron chi connectivity index (χ0n) is 13.9. The maximum Gasteiger partial charge on any atom is 0.349 e. The van der Waals surface area contributed by atoms with Crippen LogP contribution in [0.5, 0.6) is 0 Å². The van der Waals surface area contributed by atoms with Crippen molar-refractivity contribution in [3.05, 3.63) is 32.5 Å². The fraction of sp³-hybridized carbons (Fsp3) is 0.400. The van der Waals surface area contributed by atoms with Gasteiger partial charge in [0.2, 0.25) is 0 Å². The third-order valence-corrected chi connectivity index (χ3v) is 6.02. The molecule has 3 N–H and O–H groups in total. The average Bonchev–Trinajstić information content (AvgIpc) is 3.30. The van der Waals surface area contributed by atoms with Gasteiger partial charge in [0.15, 0.2) is 5.13 Å². The van der Waals surface area contributed by atoms with Crippen LogP contribution in [-0.2, 0) is 4.74 Å². The number of rotatable bonds is 4. The molecule has 3 heterocycles. The summed E-state index contributed by atoms with van der Waals surface area (Å²) in [5.74, 6) is -0.919. The molecule has 2 aromatic rings. The number of halogens is 2. The van der Waals surface area contributed by atoms with Crippen LogP contribution in [0.1, 0.15) is 25.9 Å². The first-order valence-corrected chi connectivity index (χ1v) is 9.20. The number of thiazole rings is 1. The first kappa shape index (κ1) is 19.0. The monoisotopic (exact) mass is 418 g/mol. The third-order valence-electron chi connectivity index (χ3n) is 4.04. The largest absolute Gasteiger partial charge is 0.465 e. The second-order valence-corrected chi connectivity index (χ2v) is 7.57. The van der Waals surface area contributed by atoms with Gasteiger partial charge >= 0.3 is 5.97 Å². The van der Waals surface area contributed by atoms with Gasteiger partial charge in [0.1, 0.15) is 10.6 Å². The minimum atomic E-state index is -0.797. The van der Waals surface area contributed by atoms with Crippen molar-refractivity contribution in [3.8, 4) is 0 Å². The Hall–Kier alpha value is -1.81. The second-order valence-electron chi connectivity index (χ2n) is 5.80. The molecule has 0 unspecified atom stereocenters. The number of aryl methyl sites for hydroxylation is 1. The molecule has 1 fully saturated rings. The van der Waals surface area contributed by atoms with E-state index in [1.165, 1.54) is 13.3 Å². The van der Waals surface area contributed by atoms with Gasteiger partial charge in [-0.1, -0.05) is 34.5 Å². The number of nitrogens with zero attached hydrogens (tertiary/aromatic N) is 2. The van der Waals surface area contributed by atoms with Crippen molar-refractivity contribution < 1.29 is 19.4 Å². The number of methoxy groups -OCH3 is 1. The Bertz CT molecular complexity index is 853. The lowest BCUT2D eigenvalue weighted by Crippen LogP contribution is -2.43. The highest BCUT2D eigenvalue weighted by Gasteiger charge is 2.35. The van der Waals surface area contributed by atoms with Gasteiger partial charge in [-0.15, -0.1) is 0 Å². The van der Waals surface area contributed by atoms with Gasteiger partial charge in [-0.3, -0.25) is 4.79 Å². The maximum absolute atomic E-state index is 12.4. The Kier molecular flexibility index (Phi) is 5.42. The van der Waals surface area contributed by atoms with Crippen molar-refractivity contribution in [1.29, 1.82) is 0 Å². The molecule has 1 aliphatic rings. The molecule has 2 aromatic heterocycles. The summed E-state index contributed by atoms with van der Waals surface area (Å²) in [7, 11) is 1.30. The van der Waals surface area contributed by atoms with E-state index >= 15 is 0 Å². The summed E-state index contributed by atoms with van der Waals surface area (Å²) in [5.41, 5.74) is 0.746. The molecule has 1 saturated heterocycles. The average molecular weight is 419 g/mol. The van der Waals surface area contributed by atoms with Crippen LogP contribution >= 0.6 is 34.5 Å². The highest BCUT2D eigenvalue weighted by molar-refractivity contribution is 7.17. The van der Waals surface area contributed by atoms with E-state index in [0.717, 1.165) is 11.3 Å². The zero-order valence-corrected chi connectivity index (χ0v) is 16.2. The molecular weight excluding hydrogens is 403 g/mol. The number of nitrogens with one attached hydrogen (secondary N) is 2. The minimum absolute atomic E-state index is 0.147. The van der Waals surface area contributed by atoms with E-state index in [1.54, 1.807) is 11.8 Å². The number of anilines is 1. The van der Waals surface area contributed by atoms with Crippen molar-refractivity contribution >= 4 is 51.5 Å². The number of aromatic amines is 1. The molecule has 2 atom stereocenters. The lowest BCUT2D eigenvalue weighted by molar-refractivity contribution is 0.0606. The van der Waals surface area contributed by atoms with Gasteiger partial charge in [-0.25, -0.2) is 9.78 Å². The molecule has 0 bridgehead atoms.